The molecule has 1 aromatic carbocycles. The lowest BCUT2D eigenvalue weighted by molar-refractivity contribution is 0.623. The second-order valence-electron chi connectivity index (χ2n) is 4.02. The summed E-state index contributed by atoms with van der Waals surface area (Å²) in [4.78, 5) is 11.8. The Bertz CT molecular complexity index is 654. The van der Waals surface area contributed by atoms with Crippen molar-refractivity contribution in [2.24, 2.45) is 0 Å². The molecule has 0 radical (unpaired) electrons. The Kier molecular flexibility index (Phi) is 4.07. The Morgan fingerprint density at radius 1 is 1.39 bits per heavy atom. The van der Waals surface area contributed by atoms with Crippen LogP contribution in [-0.2, 0) is 6.54 Å². The van der Waals surface area contributed by atoms with Gasteiger partial charge in [-0.15, -0.1) is 0 Å². The van der Waals surface area contributed by atoms with E-state index < -0.39 is 5.82 Å². The fourth-order valence-electron chi connectivity index (χ4n) is 1.60. The third kappa shape index (κ3) is 2.92. The average Bonchev–Trinajstić information content (AvgIpc) is 2.31. The quantitative estimate of drug-likeness (QED) is 0.733. The summed E-state index contributed by atoms with van der Waals surface area (Å²) < 4.78 is 15.9. The molecule has 5 heteroatoms. The highest BCUT2D eigenvalue weighted by Crippen LogP contribution is 2.16. The van der Waals surface area contributed by atoms with E-state index in [4.69, 9.17) is 11.6 Å². The van der Waals surface area contributed by atoms with Crippen LogP contribution in [0.4, 0.5) is 4.39 Å². The monoisotopic (exact) mass is 377 g/mol. The molecule has 0 saturated carbocycles. The number of halogens is 3. The standard InChI is InChI=1S/C13H10ClFINO/c1-8-4-13(18)17(7-12(8)16)6-9-2-3-10(14)11(15)5-9/h2-5,7H,6H2,1H3. The number of hydrogen-bond acceptors (Lipinski definition) is 1. The summed E-state index contributed by atoms with van der Waals surface area (Å²) in [7, 11) is 0. The summed E-state index contributed by atoms with van der Waals surface area (Å²) in [5.41, 5.74) is 1.56. The third-order valence-corrected chi connectivity index (χ3v) is 4.04. The van der Waals surface area contributed by atoms with Crippen LogP contribution in [0.15, 0.2) is 35.3 Å². The fourth-order valence-corrected chi connectivity index (χ4v) is 2.21. The predicted octanol–water partition coefficient (Wildman–Crippen LogP) is 3.60. The van der Waals surface area contributed by atoms with Gasteiger partial charge in [0.25, 0.3) is 5.56 Å². The van der Waals surface area contributed by atoms with Crippen LogP contribution in [0.3, 0.4) is 0 Å². The maximum Gasteiger partial charge on any atom is 0.251 e. The highest BCUT2D eigenvalue weighted by Gasteiger charge is 2.05. The molecule has 2 rings (SSSR count). The van der Waals surface area contributed by atoms with Gasteiger partial charge in [-0.25, -0.2) is 4.39 Å². The molecule has 0 atom stereocenters. The predicted molar refractivity (Wildman–Crippen MR) is 78.7 cm³/mol. The molecule has 0 aliphatic heterocycles. The minimum Gasteiger partial charge on any atom is -0.310 e. The van der Waals surface area contributed by atoms with E-state index >= 15 is 0 Å². The lowest BCUT2D eigenvalue weighted by Crippen LogP contribution is -2.20. The molecular weight excluding hydrogens is 368 g/mol. The number of aryl methyl sites for hydroxylation is 1. The van der Waals surface area contributed by atoms with E-state index in [0.717, 1.165) is 9.13 Å². The summed E-state index contributed by atoms with van der Waals surface area (Å²) >= 11 is 7.78. The van der Waals surface area contributed by atoms with E-state index in [1.165, 1.54) is 12.1 Å². The normalized spacial score (nSPS) is 10.7. The molecule has 0 saturated heterocycles. The van der Waals surface area contributed by atoms with Crippen molar-refractivity contribution in [3.05, 3.63) is 66.4 Å². The Morgan fingerprint density at radius 2 is 2.11 bits per heavy atom. The van der Waals surface area contributed by atoms with E-state index in [2.05, 4.69) is 22.6 Å². The van der Waals surface area contributed by atoms with Gasteiger partial charge in [-0.1, -0.05) is 17.7 Å². The van der Waals surface area contributed by atoms with Crippen molar-refractivity contribution in [1.82, 2.24) is 4.57 Å². The first-order valence-corrected chi connectivity index (χ1v) is 6.73. The molecule has 2 nitrogen and oxygen atoms in total. The lowest BCUT2D eigenvalue weighted by atomic mass is 10.2. The van der Waals surface area contributed by atoms with Gasteiger partial charge in [0.1, 0.15) is 5.82 Å². The lowest BCUT2D eigenvalue weighted by Gasteiger charge is -2.08. The van der Waals surface area contributed by atoms with Gasteiger partial charge in [0, 0.05) is 15.8 Å². The largest absolute Gasteiger partial charge is 0.310 e. The molecule has 0 amide bonds. The Morgan fingerprint density at radius 3 is 2.78 bits per heavy atom. The van der Waals surface area contributed by atoms with Gasteiger partial charge >= 0.3 is 0 Å². The van der Waals surface area contributed by atoms with Crippen molar-refractivity contribution in [3.8, 4) is 0 Å². The van der Waals surface area contributed by atoms with Gasteiger partial charge in [0.2, 0.25) is 0 Å². The van der Waals surface area contributed by atoms with Crippen LogP contribution >= 0.6 is 34.2 Å². The maximum absolute atomic E-state index is 13.3. The number of benzene rings is 1. The Labute approximate surface area is 123 Å². The van der Waals surface area contributed by atoms with Crippen molar-refractivity contribution < 1.29 is 4.39 Å². The summed E-state index contributed by atoms with van der Waals surface area (Å²) in [6.07, 6.45) is 1.77. The van der Waals surface area contributed by atoms with Crippen molar-refractivity contribution in [3.63, 3.8) is 0 Å². The number of hydrogen-bond donors (Lipinski definition) is 0. The number of aromatic nitrogens is 1. The van der Waals surface area contributed by atoms with Crippen molar-refractivity contribution in [2.75, 3.05) is 0 Å². The third-order valence-electron chi connectivity index (χ3n) is 2.61. The summed E-state index contributed by atoms with van der Waals surface area (Å²) in [5, 5.41) is 0.0876. The van der Waals surface area contributed by atoms with E-state index in [9.17, 15) is 9.18 Å². The first kappa shape index (κ1) is 13.5. The molecule has 0 N–H and O–H groups in total. The summed E-state index contributed by atoms with van der Waals surface area (Å²) in [5.74, 6) is -0.468. The Hall–Kier alpha value is -0.880. The van der Waals surface area contributed by atoms with Gasteiger partial charge in [0.05, 0.1) is 11.6 Å². The molecule has 18 heavy (non-hydrogen) atoms. The molecule has 0 spiro atoms. The van der Waals surface area contributed by atoms with Crippen LogP contribution in [0.2, 0.25) is 5.02 Å². The van der Waals surface area contributed by atoms with E-state index in [0.29, 0.717) is 12.1 Å². The molecule has 2 aromatic rings. The molecule has 0 bridgehead atoms. The van der Waals surface area contributed by atoms with Gasteiger partial charge in [-0.2, -0.15) is 0 Å². The molecule has 0 aliphatic rings. The highest BCUT2D eigenvalue weighted by molar-refractivity contribution is 14.1. The van der Waals surface area contributed by atoms with E-state index in [-0.39, 0.29) is 10.6 Å². The maximum atomic E-state index is 13.3. The number of nitrogens with zero attached hydrogens (tertiary/aromatic N) is 1. The van der Waals surface area contributed by atoms with Gasteiger partial charge in [-0.3, -0.25) is 4.79 Å². The van der Waals surface area contributed by atoms with E-state index in [1.807, 2.05) is 6.92 Å². The molecule has 0 unspecified atom stereocenters. The second kappa shape index (κ2) is 5.40. The summed E-state index contributed by atoms with van der Waals surface area (Å²) in [6, 6.07) is 6.14. The molecule has 0 fully saturated rings. The molecule has 1 aromatic heterocycles. The fraction of sp³-hybridized carbons (Fsp3) is 0.154. The van der Waals surface area contributed by atoms with Crippen molar-refractivity contribution in [2.45, 2.75) is 13.5 Å². The first-order chi connectivity index (χ1) is 8.47. The molecule has 94 valence electrons. The van der Waals surface area contributed by atoms with Crippen LogP contribution in [0.1, 0.15) is 11.1 Å². The zero-order valence-corrected chi connectivity index (χ0v) is 12.5. The number of pyridine rings is 1. The van der Waals surface area contributed by atoms with Crippen molar-refractivity contribution >= 4 is 34.2 Å². The van der Waals surface area contributed by atoms with Crippen LogP contribution < -0.4 is 5.56 Å². The highest BCUT2D eigenvalue weighted by atomic mass is 127. The minimum absolute atomic E-state index is 0.0876. The molecular formula is C13H10ClFINO. The second-order valence-corrected chi connectivity index (χ2v) is 5.59. The Balaban J connectivity index is 2.37. The molecule has 1 heterocycles. The van der Waals surface area contributed by atoms with Crippen LogP contribution in [-0.4, -0.2) is 4.57 Å². The molecule has 0 aliphatic carbocycles. The topological polar surface area (TPSA) is 22.0 Å². The smallest absolute Gasteiger partial charge is 0.251 e. The zero-order chi connectivity index (χ0) is 13.3. The van der Waals surface area contributed by atoms with Crippen LogP contribution in [0.5, 0.6) is 0 Å². The van der Waals surface area contributed by atoms with Crippen LogP contribution in [0.25, 0.3) is 0 Å². The number of rotatable bonds is 2. The summed E-state index contributed by atoms with van der Waals surface area (Å²) in [6.45, 7) is 2.22. The van der Waals surface area contributed by atoms with E-state index in [1.54, 1.807) is 22.9 Å². The zero-order valence-electron chi connectivity index (χ0n) is 9.58. The van der Waals surface area contributed by atoms with Crippen LogP contribution in [0, 0.1) is 16.3 Å². The average molecular weight is 378 g/mol. The first-order valence-electron chi connectivity index (χ1n) is 5.28. The SMILES string of the molecule is Cc1cc(=O)n(Cc2ccc(Cl)c(F)c2)cc1I. The van der Waals surface area contributed by atoms with Gasteiger partial charge < -0.3 is 4.57 Å². The van der Waals surface area contributed by atoms with Crippen molar-refractivity contribution in [1.29, 1.82) is 0 Å². The van der Waals surface area contributed by atoms with Gasteiger partial charge in [-0.05, 0) is 52.8 Å². The minimum atomic E-state index is -0.468. The van der Waals surface area contributed by atoms with Gasteiger partial charge in [0.15, 0.2) is 0 Å².